The van der Waals surface area contributed by atoms with Gasteiger partial charge in [0, 0.05) is 19.7 Å². The fourth-order valence-electron chi connectivity index (χ4n) is 4.81. The van der Waals surface area contributed by atoms with Crippen LogP contribution in [0.2, 0.25) is 4.34 Å². The predicted octanol–water partition coefficient (Wildman–Crippen LogP) is 4.02. The Bertz CT molecular complexity index is 1360. The SMILES string of the molecule is CC(C)Cc1nc2cnc(-c3ccn(C)n3)cc2n1[C@H]1CCCC(NC(=O)c2ncc(Cl)s2)[C@@H]1O. The number of hydrogen-bond acceptors (Lipinski definition) is 7. The van der Waals surface area contributed by atoms with Crippen molar-refractivity contribution in [1.82, 2.24) is 34.6 Å². The largest absolute Gasteiger partial charge is 0.389 e. The number of rotatable bonds is 6. The smallest absolute Gasteiger partial charge is 0.280 e. The van der Waals surface area contributed by atoms with E-state index < -0.39 is 12.1 Å². The lowest BCUT2D eigenvalue weighted by atomic mass is 9.87. The van der Waals surface area contributed by atoms with Crippen molar-refractivity contribution in [2.45, 2.75) is 57.7 Å². The number of nitrogens with zero attached hydrogens (tertiary/aromatic N) is 6. The third kappa shape index (κ3) is 4.82. The highest BCUT2D eigenvalue weighted by Gasteiger charge is 2.36. The summed E-state index contributed by atoms with van der Waals surface area (Å²) in [6, 6.07) is 3.30. The van der Waals surface area contributed by atoms with Crippen molar-refractivity contribution in [1.29, 1.82) is 0 Å². The van der Waals surface area contributed by atoms with Crippen LogP contribution in [0, 0.1) is 5.92 Å². The molecule has 0 bridgehead atoms. The molecule has 1 aliphatic rings. The predicted molar refractivity (Wildman–Crippen MR) is 136 cm³/mol. The summed E-state index contributed by atoms with van der Waals surface area (Å²) in [6.45, 7) is 4.31. The normalized spacial score (nSPS) is 20.6. The summed E-state index contributed by atoms with van der Waals surface area (Å²) in [5.41, 5.74) is 3.24. The van der Waals surface area contributed by atoms with Gasteiger partial charge in [0.05, 0.1) is 41.8 Å². The molecule has 3 atom stereocenters. The first kappa shape index (κ1) is 23.9. The van der Waals surface area contributed by atoms with Gasteiger partial charge in [-0.1, -0.05) is 36.8 Å². The van der Waals surface area contributed by atoms with Crippen LogP contribution in [0.1, 0.15) is 54.8 Å². The Hall–Kier alpha value is -2.82. The highest BCUT2D eigenvalue weighted by Crippen LogP contribution is 2.35. The molecule has 1 aliphatic carbocycles. The molecule has 35 heavy (non-hydrogen) atoms. The third-order valence-corrected chi connectivity index (χ3v) is 7.47. The highest BCUT2D eigenvalue weighted by molar-refractivity contribution is 7.17. The summed E-state index contributed by atoms with van der Waals surface area (Å²) >= 11 is 7.07. The van der Waals surface area contributed by atoms with E-state index in [0.29, 0.717) is 21.7 Å². The molecule has 5 rings (SSSR count). The molecule has 0 spiro atoms. The number of pyridine rings is 1. The fraction of sp³-hybridized carbons (Fsp3) is 0.458. The number of aryl methyl sites for hydroxylation is 1. The number of nitrogens with one attached hydrogen (secondary N) is 1. The zero-order chi connectivity index (χ0) is 24.7. The first-order valence-corrected chi connectivity index (χ1v) is 13.0. The minimum absolute atomic E-state index is 0.230. The standard InChI is InChI=1S/C24H28ClN7O2S/c1-13(2)9-21-28-17-11-26-16(14-7-8-31(3)30-14)10-19(17)32(21)18-6-4-5-15(22(18)33)29-23(34)24-27-12-20(25)35-24/h7-8,10-13,15,18,22,33H,4-6,9H2,1-3H3,(H,29,34)/t15?,18-,22-/m0/s1. The third-order valence-electron chi connectivity index (χ3n) is 6.36. The number of halogens is 1. The second-order valence-electron chi connectivity index (χ2n) is 9.47. The van der Waals surface area contributed by atoms with Crippen LogP contribution in [0.15, 0.2) is 30.7 Å². The van der Waals surface area contributed by atoms with Crippen molar-refractivity contribution in [2.24, 2.45) is 13.0 Å². The van der Waals surface area contributed by atoms with E-state index >= 15 is 0 Å². The monoisotopic (exact) mass is 513 g/mol. The van der Waals surface area contributed by atoms with E-state index in [1.54, 1.807) is 10.9 Å². The molecule has 1 amide bonds. The number of carbonyl (C=O) groups excluding carboxylic acids is 1. The van der Waals surface area contributed by atoms with E-state index in [1.807, 2.05) is 25.4 Å². The summed E-state index contributed by atoms with van der Waals surface area (Å²) in [5, 5.41) is 19.2. The molecule has 11 heteroatoms. The zero-order valence-corrected chi connectivity index (χ0v) is 21.4. The quantitative estimate of drug-likeness (QED) is 0.403. The topological polar surface area (TPSA) is 111 Å². The molecule has 0 saturated heterocycles. The summed E-state index contributed by atoms with van der Waals surface area (Å²) in [4.78, 5) is 26.3. The number of imidazole rings is 1. The molecule has 4 aromatic heterocycles. The maximum atomic E-state index is 12.7. The van der Waals surface area contributed by atoms with Crippen molar-refractivity contribution >= 4 is 39.9 Å². The maximum absolute atomic E-state index is 12.7. The van der Waals surface area contributed by atoms with E-state index in [1.165, 1.54) is 6.20 Å². The number of hydrogen-bond donors (Lipinski definition) is 2. The number of aliphatic hydroxyl groups excluding tert-OH is 1. The van der Waals surface area contributed by atoms with Crippen LogP contribution in [0.3, 0.4) is 0 Å². The van der Waals surface area contributed by atoms with E-state index in [2.05, 4.69) is 38.8 Å². The van der Waals surface area contributed by atoms with Gasteiger partial charge in [-0.3, -0.25) is 14.5 Å². The van der Waals surface area contributed by atoms with Crippen LogP contribution < -0.4 is 5.32 Å². The summed E-state index contributed by atoms with van der Waals surface area (Å²) in [7, 11) is 1.87. The minimum atomic E-state index is -0.780. The molecular formula is C24H28ClN7O2S. The lowest BCUT2D eigenvalue weighted by molar-refractivity contribution is 0.0402. The average Bonchev–Trinajstić information content (AvgIpc) is 3.53. The highest BCUT2D eigenvalue weighted by atomic mass is 35.5. The minimum Gasteiger partial charge on any atom is -0.389 e. The van der Waals surface area contributed by atoms with E-state index in [0.717, 1.165) is 58.8 Å². The molecule has 1 fully saturated rings. The van der Waals surface area contributed by atoms with E-state index in [9.17, 15) is 9.90 Å². The van der Waals surface area contributed by atoms with Gasteiger partial charge in [-0.15, -0.1) is 0 Å². The number of carbonyl (C=O) groups is 1. The van der Waals surface area contributed by atoms with Crippen molar-refractivity contribution in [2.75, 3.05) is 0 Å². The molecule has 0 radical (unpaired) electrons. The second-order valence-corrected chi connectivity index (χ2v) is 11.1. The Morgan fingerprint density at radius 3 is 2.80 bits per heavy atom. The zero-order valence-electron chi connectivity index (χ0n) is 19.8. The van der Waals surface area contributed by atoms with Gasteiger partial charge < -0.3 is 15.0 Å². The van der Waals surface area contributed by atoms with Gasteiger partial charge in [-0.2, -0.15) is 5.10 Å². The van der Waals surface area contributed by atoms with Gasteiger partial charge in [0.2, 0.25) is 0 Å². The van der Waals surface area contributed by atoms with Crippen LogP contribution in [-0.2, 0) is 13.5 Å². The van der Waals surface area contributed by atoms with Gasteiger partial charge in [0.15, 0.2) is 5.01 Å². The molecule has 0 aliphatic heterocycles. The summed E-state index contributed by atoms with van der Waals surface area (Å²) in [6.07, 6.45) is 7.46. The molecule has 4 heterocycles. The van der Waals surface area contributed by atoms with Crippen molar-refractivity contribution in [3.8, 4) is 11.4 Å². The number of fused-ring (bicyclic) bond motifs is 1. The van der Waals surface area contributed by atoms with Gasteiger partial charge in [-0.05, 0) is 37.3 Å². The van der Waals surface area contributed by atoms with E-state index in [-0.39, 0.29) is 11.9 Å². The van der Waals surface area contributed by atoms with Crippen LogP contribution in [0.5, 0.6) is 0 Å². The molecule has 184 valence electrons. The molecule has 9 nitrogen and oxygen atoms in total. The molecule has 2 N–H and O–H groups in total. The Morgan fingerprint density at radius 1 is 1.29 bits per heavy atom. The van der Waals surface area contributed by atoms with Crippen molar-refractivity contribution in [3.63, 3.8) is 0 Å². The lowest BCUT2D eigenvalue weighted by Gasteiger charge is -2.37. The molecule has 1 saturated carbocycles. The average molecular weight is 514 g/mol. The maximum Gasteiger partial charge on any atom is 0.280 e. The molecule has 4 aromatic rings. The number of aromatic nitrogens is 6. The van der Waals surface area contributed by atoms with Crippen LogP contribution in [-0.4, -0.2) is 52.5 Å². The van der Waals surface area contributed by atoms with Crippen LogP contribution in [0.25, 0.3) is 22.4 Å². The fourth-order valence-corrected chi connectivity index (χ4v) is 5.62. The van der Waals surface area contributed by atoms with Crippen molar-refractivity contribution < 1.29 is 9.90 Å². The molecule has 1 unspecified atom stereocenters. The first-order valence-electron chi connectivity index (χ1n) is 11.8. The number of amides is 1. The molecule has 0 aromatic carbocycles. The second kappa shape index (κ2) is 9.67. The van der Waals surface area contributed by atoms with Gasteiger partial charge >= 0.3 is 0 Å². The van der Waals surface area contributed by atoms with Gasteiger partial charge in [0.1, 0.15) is 21.4 Å². The summed E-state index contributed by atoms with van der Waals surface area (Å²) in [5.74, 6) is 0.989. The van der Waals surface area contributed by atoms with Crippen LogP contribution >= 0.6 is 22.9 Å². The molecular weight excluding hydrogens is 486 g/mol. The Morgan fingerprint density at radius 2 is 2.11 bits per heavy atom. The number of aliphatic hydroxyl groups is 1. The Labute approximate surface area is 212 Å². The van der Waals surface area contributed by atoms with Gasteiger partial charge in [0.25, 0.3) is 5.91 Å². The summed E-state index contributed by atoms with van der Waals surface area (Å²) < 4.78 is 4.36. The number of thiazole rings is 1. The first-order chi connectivity index (χ1) is 16.8. The lowest BCUT2D eigenvalue weighted by Crippen LogP contribution is -2.49. The van der Waals surface area contributed by atoms with Crippen LogP contribution in [0.4, 0.5) is 0 Å². The van der Waals surface area contributed by atoms with E-state index in [4.69, 9.17) is 16.6 Å². The van der Waals surface area contributed by atoms with Crippen molar-refractivity contribution in [3.05, 3.63) is 45.9 Å². The Balaban J connectivity index is 1.51. The Kier molecular flexibility index (Phi) is 6.61. The van der Waals surface area contributed by atoms with Gasteiger partial charge in [-0.25, -0.2) is 9.97 Å².